The Kier molecular flexibility index (Phi) is 6.43. The van der Waals surface area contributed by atoms with Gasteiger partial charge in [0.25, 0.3) is 15.9 Å². The lowest BCUT2D eigenvalue weighted by atomic mass is 10.2. The number of oxazole rings is 1. The molecule has 0 aliphatic carbocycles. The minimum atomic E-state index is -3.94. The number of benzene rings is 2. The Morgan fingerprint density at radius 1 is 1.06 bits per heavy atom. The Labute approximate surface area is 198 Å². The minimum absolute atomic E-state index is 0.000112. The lowest BCUT2D eigenvalue weighted by Gasteiger charge is -2.14. The highest BCUT2D eigenvalue weighted by molar-refractivity contribution is 7.92. The molecular weight excluding hydrogens is 486 g/mol. The van der Waals surface area contributed by atoms with Gasteiger partial charge in [-0.05, 0) is 61.5 Å². The van der Waals surface area contributed by atoms with Crippen LogP contribution in [0.4, 0.5) is 11.5 Å². The van der Waals surface area contributed by atoms with Crippen molar-refractivity contribution < 1.29 is 27.2 Å². The molecule has 11 nitrogen and oxygen atoms in total. The van der Waals surface area contributed by atoms with E-state index in [0.717, 1.165) is 0 Å². The Hall–Kier alpha value is -4.03. The predicted molar refractivity (Wildman–Crippen MR) is 122 cm³/mol. The molecule has 2 aromatic carbocycles. The number of carbonyl (C=O) groups excluding carboxylic acids is 2. The molecule has 0 saturated carbocycles. The second-order valence-electron chi connectivity index (χ2n) is 6.94. The molecule has 1 amide bonds. The minimum Gasteiger partial charge on any atom is -0.449 e. The van der Waals surface area contributed by atoms with E-state index in [1.807, 2.05) is 0 Å². The fourth-order valence-electron chi connectivity index (χ4n) is 2.80. The summed E-state index contributed by atoms with van der Waals surface area (Å²) in [5.41, 5.74) is 1.53. The zero-order chi connectivity index (χ0) is 24.3. The number of ether oxygens (including phenoxy) is 1. The van der Waals surface area contributed by atoms with Crippen molar-refractivity contribution in [2.24, 2.45) is 0 Å². The zero-order valence-corrected chi connectivity index (χ0v) is 19.0. The van der Waals surface area contributed by atoms with Crippen molar-refractivity contribution in [2.45, 2.75) is 17.9 Å². The van der Waals surface area contributed by atoms with Crippen LogP contribution in [-0.4, -0.2) is 41.6 Å². The molecule has 0 aliphatic heterocycles. The van der Waals surface area contributed by atoms with Crippen molar-refractivity contribution in [3.63, 3.8) is 0 Å². The van der Waals surface area contributed by atoms with Crippen LogP contribution in [-0.2, 0) is 19.6 Å². The second-order valence-corrected chi connectivity index (χ2v) is 9.01. The monoisotopic (exact) mass is 501 g/mol. The van der Waals surface area contributed by atoms with Crippen LogP contribution < -0.4 is 10.0 Å². The third-order valence-corrected chi connectivity index (χ3v) is 6.09. The molecule has 0 saturated heterocycles. The van der Waals surface area contributed by atoms with Gasteiger partial charge in [-0.3, -0.25) is 9.52 Å². The summed E-state index contributed by atoms with van der Waals surface area (Å²) in [7, 11) is -3.94. The van der Waals surface area contributed by atoms with Gasteiger partial charge in [0.1, 0.15) is 5.52 Å². The predicted octanol–water partition coefficient (Wildman–Crippen LogP) is 3.26. The number of amides is 1. The van der Waals surface area contributed by atoms with Gasteiger partial charge < -0.3 is 14.5 Å². The number of anilines is 2. The van der Waals surface area contributed by atoms with Gasteiger partial charge in [-0.2, -0.15) is 0 Å². The fourth-order valence-corrected chi connectivity index (χ4v) is 3.89. The van der Waals surface area contributed by atoms with Gasteiger partial charge in [0.05, 0.1) is 10.5 Å². The molecule has 4 aromatic rings. The maximum absolute atomic E-state index is 12.5. The van der Waals surface area contributed by atoms with Crippen molar-refractivity contribution in [1.82, 2.24) is 15.2 Å². The van der Waals surface area contributed by atoms with E-state index in [4.69, 9.17) is 20.8 Å². The van der Waals surface area contributed by atoms with Crippen LogP contribution in [0, 0.1) is 0 Å². The highest BCUT2D eigenvalue weighted by Crippen LogP contribution is 2.19. The molecule has 0 fully saturated rings. The number of sulfonamides is 1. The molecule has 0 spiro atoms. The number of hydrogen-bond donors (Lipinski definition) is 2. The molecule has 13 heteroatoms. The standard InChI is InChI=1S/C21H16ClN5O6S/c1-12(33-21(29)13-2-7-17-16(10-13)23-11-32-17)20(28)24-14-3-5-15(6-4-14)34(30,31)27-19-9-8-18(22)25-26-19/h2-12H,1H3,(H,24,28)(H,26,27). The van der Waals surface area contributed by atoms with E-state index in [1.165, 1.54) is 61.8 Å². The van der Waals surface area contributed by atoms with Gasteiger partial charge in [-0.25, -0.2) is 18.2 Å². The van der Waals surface area contributed by atoms with E-state index in [2.05, 4.69) is 25.2 Å². The van der Waals surface area contributed by atoms with Gasteiger partial charge in [0.15, 0.2) is 29.1 Å². The Morgan fingerprint density at radius 3 is 2.53 bits per heavy atom. The first-order chi connectivity index (χ1) is 16.2. The zero-order valence-electron chi connectivity index (χ0n) is 17.4. The summed E-state index contributed by atoms with van der Waals surface area (Å²) in [6, 6.07) is 12.7. The molecule has 0 bridgehead atoms. The smallest absolute Gasteiger partial charge is 0.338 e. The van der Waals surface area contributed by atoms with E-state index >= 15 is 0 Å². The summed E-state index contributed by atoms with van der Waals surface area (Å²) in [6.45, 7) is 1.41. The van der Waals surface area contributed by atoms with Crippen LogP contribution >= 0.6 is 11.6 Å². The molecule has 0 aliphatic rings. The lowest BCUT2D eigenvalue weighted by molar-refractivity contribution is -0.123. The van der Waals surface area contributed by atoms with E-state index in [-0.39, 0.29) is 21.4 Å². The van der Waals surface area contributed by atoms with E-state index < -0.39 is 28.0 Å². The van der Waals surface area contributed by atoms with Crippen molar-refractivity contribution in [3.05, 3.63) is 71.7 Å². The van der Waals surface area contributed by atoms with Crippen molar-refractivity contribution in [2.75, 3.05) is 10.0 Å². The van der Waals surface area contributed by atoms with Crippen molar-refractivity contribution in [3.8, 4) is 0 Å². The molecule has 2 N–H and O–H groups in total. The molecule has 1 unspecified atom stereocenters. The average Bonchev–Trinajstić information content (AvgIpc) is 3.28. The molecule has 2 heterocycles. The number of nitrogens with zero attached hydrogens (tertiary/aromatic N) is 3. The van der Waals surface area contributed by atoms with Gasteiger partial charge >= 0.3 is 5.97 Å². The quantitative estimate of drug-likeness (QED) is 0.363. The largest absolute Gasteiger partial charge is 0.449 e. The van der Waals surface area contributed by atoms with Gasteiger partial charge in [-0.15, -0.1) is 10.2 Å². The summed E-state index contributed by atoms with van der Waals surface area (Å²) < 4.78 is 37.6. The fraction of sp³-hybridized carbons (Fsp3) is 0.0952. The number of hydrogen-bond acceptors (Lipinski definition) is 9. The number of carbonyl (C=O) groups is 2. The van der Waals surface area contributed by atoms with Gasteiger partial charge in [0.2, 0.25) is 0 Å². The molecule has 34 heavy (non-hydrogen) atoms. The number of rotatable bonds is 7. The summed E-state index contributed by atoms with van der Waals surface area (Å²) in [5.74, 6) is -1.30. The van der Waals surface area contributed by atoms with E-state index in [1.54, 1.807) is 6.07 Å². The van der Waals surface area contributed by atoms with E-state index in [0.29, 0.717) is 16.8 Å². The third kappa shape index (κ3) is 5.30. The molecule has 174 valence electrons. The average molecular weight is 502 g/mol. The molecule has 2 aromatic heterocycles. The van der Waals surface area contributed by atoms with Crippen LogP contribution in [0.1, 0.15) is 17.3 Å². The second kappa shape index (κ2) is 9.45. The number of fused-ring (bicyclic) bond motifs is 1. The van der Waals surface area contributed by atoms with Crippen LogP contribution in [0.25, 0.3) is 11.1 Å². The highest BCUT2D eigenvalue weighted by atomic mass is 35.5. The molecule has 0 radical (unpaired) electrons. The highest BCUT2D eigenvalue weighted by Gasteiger charge is 2.20. The van der Waals surface area contributed by atoms with Crippen LogP contribution in [0.5, 0.6) is 0 Å². The van der Waals surface area contributed by atoms with Crippen LogP contribution in [0.2, 0.25) is 5.15 Å². The maximum Gasteiger partial charge on any atom is 0.338 e. The SMILES string of the molecule is CC(OC(=O)c1ccc2ocnc2c1)C(=O)Nc1ccc(S(=O)(=O)Nc2ccc(Cl)nn2)cc1. The maximum atomic E-state index is 12.5. The van der Waals surface area contributed by atoms with Crippen molar-refractivity contribution in [1.29, 1.82) is 0 Å². The molecule has 4 rings (SSSR count). The number of esters is 1. The number of nitrogens with one attached hydrogen (secondary N) is 2. The number of aromatic nitrogens is 3. The van der Waals surface area contributed by atoms with Gasteiger partial charge in [0, 0.05) is 5.69 Å². The van der Waals surface area contributed by atoms with Crippen molar-refractivity contribution >= 4 is 56.1 Å². The molecule has 1 atom stereocenters. The first kappa shape index (κ1) is 23.1. The van der Waals surface area contributed by atoms with Crippen LogP contribution in [0.15, 0.2) is 70.3 Å². The topological polar surface area (TPSA) is 153 Å². The normalized spacial score (nSPS) is 12.2. The lowest BCUT2D eigenvalue weighted by Crippen LogP contribution is -2.30. The number of halogens is 1. The first-order valence-corrected chi connectivity index (χ1v) is 11.5. The molecular formula is C21H16ClN5O6S. The first-order valence-electron chi connectivity index (χ1n) is 9.68. The third-order valence-electron chi connectivity index (χ3n) is 4.52. The summed E-state index contributed by atoms with van der Waals surface area (Å²) in [5, 5.41) is 9.90. The Morgan fingerprint density at radius 2 is 1.82 bits per heavy atom. The summed E-state index contributed by atoms with van der Waals surface area (Å²) >= 11 is 5.64. The van der Waals surface area contributed by atoms with Crippen LogP contribution in [0.3, 0.4) is 0 Å². The Bertz CT molecular complexity index is 1460. The van der Waals surface area contributed by atoms with Gasteiger partial charge in [-0.1, -0.05) is 11.6 Å². The Balaban J connectivity index is 1.36. The summed E-state index contributed by atoms with van der Waals surface area (Å²) in [4.78, 5) is 28.7. The van der Waals surface area contributed by atoms with E-state index in [9.17, 15) is 18.0 Å². The summed E-state index contributed by atoms with van der Waals surface area (Å²) in [6.07, 6.45) is 0.142.